The summed E-state index contributed by atoms with van der Waals surface area (Å²) in [5.41, 5.74) is 5.26. The van der Waals surface area contributed by atoms with Gasteiger partial charge in [-0.2, -0.15) is 10.5 Å². The molecule has 2 saturated heterocycles. The maximum atomic E-state index is 13.1. The van der Waals surface area contributed by atoms with Crippen LogP contribution < -0.4 is 0 Å². The van der Waals surface area contributed by atoms with Crippen molar-refractivity contribution in [3.05, 3.63) is 76.2 Å². The number of likely N-dealkylation sites (tertiary alicyclic amines) is 1. The molecule has 1 amide bonds. The first-order valence-corrected chi connectivity index (χ1v) is 10.9. The van der Waals surface area contributed by atoms with Gasteiger partial charge in [0.2, 0.25) is 0 Å². The number of amides is 1. The van der Waals surface area contributed by atoms with Crippen LogP contribution in [0.15, 0.2) is 42.5 Å². The highest BCUT2D eigenvalue weighted by molar-refractivity contribution is 5.96. The van der Waals surface area contributed by atoms with Gasteiger partial charge in [-0.05, 0) is 49.2 Å². The zero-order valence-electron chi connectivity index (χ0n) is 18.6. The second kappa shape index (κ2) is 7.88. The average molecular weight is 438 g/mol. The topological polar surface area (TPSA) is 106 Å². The molecule has 5 rings (SSSR count). The molecule has 33 heavy (non-hydrogen) atoms. The average Bonchev–Trinajstić information content (AvgIpc) is 3.14. The number of nitrogens with zero attached hydrogens (tertiary/aromatic N) is 4. The number of carbonyl (C=O) groups is 1. The molecule has 0 radical (unpaired) electrons. The highest BCUT2D eigenvalue weighted by atomic mass is 16.5. The van der Waals surface area contributed by atoms with Gasteiger partial charge in [-0.25, -0.2) is 4.98 Å². The molecule has 2 aliphatic heterocycles. The van der Waals surface area contributed by atoms with Crippen LogP contribution in [0.25, 0.3) is 11.3 Å². The number of nitrogens with one attached hydrogen (secondary N) is 1. The number of aromatic nitrogens is 2. The Kier molecular flexibility index (Phi) is 5.00. The smallest absolute Gasteiger partial charge is 0.253 e. The third-order valence-corrected chi connectivity index (χ3v) is 6.68. The molecule has 0 aliphatic carbocycles. The molecule has 7 heteroatoms. The standard InChI is InChI=1S/C26H23N5O2/c1-16-3-6-20(24(32)31-11-21(12-31)19-7-4-18(10-27)5-8-19)9-22(16)23-17(2)29-25(30-23)26(13-28)14-33-15-26/h3-9,21H,11-12,14-15H2,1-2H3,(H,29,30). The van der Waals surface area contributed by atoms with Crippen molar-refractivity contribution in [3.63, 3.8) is 0 Å². The monoisotopic (exact) mass is 437 g/mol. The van der Waals surface area contributed by atoms with Gasteiger partial charge in [-0.1, -0.05) is 18.2 Å². The number of benzene rings is 2. The van der Waals surface area contributed by atoms with Crippen molar-refractivity contribution in [2.45, 2.75) is 25.2 Å². The van der Waals surface area contributed by atoms with E-state index in [9.17, 15) is 10.1 Å². The Balaban J connectivity index is 1.35. The fourth-order valence-corrected chi connectivity index (χ4v) is 4.40. The molecule has 3 heterocycles. The van der Waals surface area contributed by atoms with Crippen LogP contribution in [0.1, 0.15) is 44.5 Å². The van der Waals surface area contributed by atoms with E-state index in [0.717, 1.165) is 28.1 Å². The van der Waals surface area contributed by atoms with Gasteiger partial charge in [-0.15, -0.1) is 0 Å². The molecule has 164 valence electrons. The van der Waals surface area contributed by atoms with Crippen LogP contribution in [-0.4, -0.2) is 47.1 Å². The van der Waals surface area contributed by atoms with E-state index < -0.39 is 5.41 Å². The molecule has 2 aliphatic rings. The van der Waals surface area contributed by atoms with Crippen LogP contribution >= 0.6 is 0 Å². The van der Waals surface area contributed by atoms with Gasteiger partial charge < -0.3 is 14.6 Å². The minimum Gasteiger partial charge on any atom is -0.377 e. The summed E-state index contributed by atoms with van der Waals surface area (Å²) in [5, 5.41) is 18.6. The van der Waals surface area contributed by atoms with Crippen molar-refractivity contribution in [2.75, 3.05) is 26.3 Å². The Morgan fingerprint density at radius 3 is 2.48 bits per heavy atom. The fraction of sp³-hybridized carbons (Fsp3) is 0.308. The zero-order valence-corrected chi connectivity index (χ0v) is 18.6. The molecule has 1 N–H and O–H groups in total. The molecule has 3 aromatic rings. The number of rotatable bonds is 4. The van der Waals surface area contributed by atoms with Crippen LogP contribution in [0.5, 0.6) is 0 Å². The summed E-state index contributed by atoms with van der Waals surface area (Å²) in [6, 6.07) is 17.8. The van der Waals surface area contributed by atoms with Crippen LogP contribution in [0.4, 0.5) is 0 Å². The summed E-state index contributed by atoms with van der Waals surface area (Å²) in [6.45, 7) is 5.90. The van der Waals surface area contributed by atoms with E-state index in [2.05, 4.69) is 22.1 Å². The lowest BCUT2D eigenvalue weighted by atomic mass is 9.87. The Bertz CT molecular complexity index is 1320. The molecule has 7 nitrogen and oxygen atoms in total. The van der Waals surface area contributed by atoms with Crippen LogP contribution in [0.3, 0.4) is 0 Å². The number of H-pyrrole nitrogens is 1. The van der Waals surface area contributed by atoms with E-state index in [1.807, 2.05) is 61.2 Å². The quantitative estimate of drug-likeness (QED) is 0.671. The number of ether oxygens (including phenoxy) is 1. The number of nitriles is 2. The summed E-state index contributed by atoms with van der Waals surface area (Å²) in [7, 11) is 0. The molecular weight excluding hydrogens is 414 g/mol. The summed E-state index contributed by atoms with van der Waals surface area (Å²) >= 11 is 0. The Morgan fingerprint density at radius 2 is 1.88 bits per heavy atom. The van der Waals surface area contributed by atoms with E-state index in [1.54, 1.807) is 0 Å². The normalized spacial score (nSPS) is 16.9. The maximum absolute atomic E-state index is 13.1. The molecular formula is C26H23N5O2. The van der Waals surface area contributed by atoms with Gasteiger partial charge >= 0.3 is 0 Å². The number of aromatic amines is 1. The van der Waals surface area contributed by atoms with Crippen molar-refractivity contribution >= 4 is 5.91 Å². The second-order valence-corrected chi connectivity index (χ2v) is 8.90. The van der Waals surface area contributed by atoms with E-state index in [-0.39, 0.29) is 11.8 Å². The summed E-state index contributed by atoms with van der Waals surface area (Å²) in [6.07, 6.45) is 0. The molecule has 1 aromatic heterocycles. The highest BCUT2D eigenvalue weighted by Gasteiger charge is 2.44. The number of imidazole rings is 1. The Labute approximate surface area is 192 Å². The van der Waals surface area contributed by atoms with Crippen molar-refractivity contribution < 1.29 is 9.53 Å². The summed E-state index contributed by atoms with van der Waals surface area (Å²) in [4.78, 5) is 22.9. The second-order valence-electron chi connectivity index (χ2n) is 8.90. The lowest BCUT2D eigenvalue weighted by Crippen LogP contribution is -2.48. The third-order valence-electron chi connectivity index (χ3n) is 6.68. The van der Waals surface area contributed by atoms with E-state index >= 15 is 0 Å². The predicted octanol–water partition coefficient (Wildman–Crippen LogP) is 3.60. The maximum Gasteiger partial charge on any atom is 0.253 e. The minimum absolute atomic E-state index is 0.000532. The van der Waals surface area contributed by atoms with Gasteiger partial charge in [0.25, 0.3) is 5.91 Å². The molecule has 0 unspecified atom stereocenters. The van der Waals surface area contributed by atoms with Crippen LogP contribution in [-0.2, 0) is 10.2 Å². The SMILES string of the molecule is Cc1ccc(C(=O)N2CC(c3ccc(C#N)cc3)C2)cc1-c1[nH]c(C2(C#N)COC2)nc1C. The van der Waals surface area contributed by atoms with Crippen molar-refractivity contribution in [3.8, 4) is 23.4 Å². The molecule has 0 spiro atoms. The summed E-state index contributed by atoms with van der Waals surface area (Å²) in [5.74, 6) is 0.906. The minimum atomic E-state index is -0.720. The van der Waals surface area contributed by atoms with Crippen LogP contribution in [0.2, 0.25) is 0 Å². The van der Waals surface area contributed by atoms with E-state index in [4.69, 9.17) is 10.00 Å². The Hall–Kier alpha value is -3.94. The predicted molar refractivity (Wildman–Crippen MR) is 121 cm³/mol. The fourth-order valence-electron chi connectivity index (χ4n) is 4.40. The Morgan fingerprint density at radius 1 is 1.15 bits per heavy atom. The van der Waals surface area contributed by atoms with Crippen molar-refractivity contribution in [1.29, 1.82) is 10.5 Å². The zero-order chi connectivity index (χ0) is 23.2. The van der Waals surface area contributed by atoms with E-state index in [0.29, 0.717) is 43.3 Å². The lowest BCUT2D eigenvalue weighted by Gasteiger charge is -2.39. The number of carbonyl (C=O) groups excluding carboxylic acids is 1. The van der Waals surface area contributed by atoms with Gasteiger partial charge in [0.1, 0.15) is 5.82 Å². The van der Waals surface area contributed by atoms with Gasteiger partial charge in [0.15, 0.2) is 5.41 Å². The van der Waals surface area contributed by atoms with Gasteiger partial charge in [-0.3, -0.25) is 4.79 Å². The largest absolute Gasteiger partial charge is 0.377 e. The number of hydrogen-bond donors (Lipinski definition) is 1. The number of hydrogen-bond acceptors (Lipinski definition) is 5. The molecule has 0 atom stereocenters. The van der Waals surface area contributed by atoms with E-state index in [1.165, 1.54) is 0 Å². The summed E-state index contributed by atoms with van der Waals surface area (Å²) < 4.78 is 5.26. The van der Waals surface area contributed by atoms with Crippen molar-refractivity contribution in [1.82, 2.24) is 14.9 Å². The van der Waals surface area contributed by atoms with Crippen LogP contribution in [0, 0.1) is 36.5 Å². The molecule has 0 saturated carbocycles. The van der Waals surface area contributed by atoms with Gasteiger partial charge in [0, 0.05) is 30.1 Å². The first kappa shape index (κ1) is 20.9. The lowest BCUT2D eigenvalue weighted by molar-refractivity contribution is -0.0335. The van der Waals surface area contributed by atoms with Gasteiger partial charge in [0.05, 0.1) is 42.3 Å². The molecule has 2 fully saturated rings. The first-order chi connectivity index (χ1) is 15.9. The first-order valence-electron chi connectivity index (χ1n) is 10.9. The molecule has 0 bridgehead atoms. The third kappa shape index (κ3) is 3.47. The van der Waals surface area contributed by atoms with Crippen molar-refractivity contribution in [2.24, 2.45) is 0 Å². The highest BCUT2D eigenvalue weighted by Crippen LogP contribution is 2.34. The number of aryl methyl sites for hydroxylation is 2. The molecule has 2 aromatic carbocycles.